The highest BCUT2D eigenvalue weighted by Crippen LogP contribution is 2.36. The van der Waals surface area contributed by atoms with E-state index in [2.05, 4.69) is 26.2 Å². The van der Waals surface area contributed by atoms with Crippen LogP contribution in [0.5, 0.6) is 17.2 Å². The predicted molar refractivity (Wildman–Crippen MR) is 134 cm³/mol. The van der Waals surface area contributed by atoms with Crippen molar-refractivity contribution in [2.75, 3.05) is 6.61 Å². The maximum absolute atomic E-state index is 11.4. The van der Waals surface area contributed by atoms with Gasteiger partial charge >= 0.3 is 0 Å². The van der Waals surface area contributed by atoms with Crippen LogP contribution in [-0.2, 0) is 4.79 Å². The van der Waals surface area contributed by atoms with Gasteiger partial charge < -0.3 is 19.2 Å². The maximum Gasteiger partial charge on any atom is 0.228 e. The van der Waals surface area contributed by atoms with Gasteiger partial charge in [0, 0.05) is 17.5 Å². The molecule has 4 aromatic rings. The summed E-state index contributed by atoms with van der Waals surface area (Å²) in [5, 5.41) is 2.89. The van der Waals surface area contributed by atoms with E-state index in [4.69, 9.17) is 13.9 Å². The smallest absolute Gasteiger partial charge is 0.228 e. The van der Waals surface area contributed by atoms with Gasteiger partial charge in [-0.1, -0.05) is 12.1 Å². The molecule has 174 valence electrons. The van der Waals surface area contributed by atoms with Crippen LogP contribution in [0.1, 0.15) is 38.3 Å². The Balaban J connectivity index is 1.33. The molecule has 1 atom stereocenters. The monoisotopic (exact) mass is 520 g/mol. The van der Waals surface area contributed by atoms with Crippen molar-refractivity contribution in [2.45, 2.75) is 32.7 Å². The van der Waals surface area contributed by atoms with Crippen molar-refractivity contribution in [3.05, 3.63) is 70.7 Å². The number of amides is 1. The molecule has 0 bridgehead atoms. The van der Waals surface area contributed by atoms with Crippen molar-refractivity contribution in [1.82, 2.24) is 10.3 Å². The van der Waals surface area contributed by atoms with Crippen LogP contribution in [0.2, 0.25) is 0 Å². The van der Waals surface area contributed by atoms with Gasteiger partial charge in [-0.05, 0) is 89.6 Å². The van der Waals surface area contributed by atoms with Crippen LogP contribution in [0.25, 0.3) is 22.6 Å². The lowest BCUT2D eigenvalue weighted by Gasteiger charge is -2.12. The van der Waals surface area contributed by atoms with Crippen LogP contribution >= 0.6 is 15.9 Å². The molecule has 6 nitrogen and oxygen atoms in total. The molecule has 1 saturated carbocycles. The second-order valence-electron chi connectivity index (χ2n) is 8.64. The average Bonchev–Trinajstić information content (AvgIpc) is 3.54. The number of benzene rings is 3. The fraction of sp³-hybridized carbons (Fsp3) is 0.259. The third-order valence-electron chi connectivity index (χ3n) is 5.73. The summed E-state index contributed by atoms with van der Waals surface area (Å²) >= 11 is 3.63. The molecule has 34 heavy (non-hydrogen) atoms. The molecule has 5 rings (SSSR count). The van der Waals surface area contributed by atoms with E-state index in [1.807, 2.05) is 67.6 Å². The molecule has 0 spiro atoms. The van der Waals surface area contributed by atoms with Crippen LogP contribution in [0, 0.1) is 5.92 Å². The second-order valence-corrected chi connectivity index (χ2v) is 9.50. The van der Waals surface area contributed by atoms with Crippen LogP contribution < -0.4 is 14.8 Å². The van der Waals surface area contributed by atoms with Gasteiger partial charge in [0.1, 0.15) is 22.8 Å². The number of fused-ring (bicyclic) bond motifs is 1. The normalized spacial score (nSPS) is 14.1. The number of nitrogens with zero attached hydrogens (tertiary/aromatic N) is 1. The van der Waals surface area contributed by atoms with E-state index >= 15 is 0 Å². The number of oxazole rings is 1. The van der Waals surface area contributed by atoms with Crippen LogP contribution in [0.15, 0.2) is 69.6 Å². The highest BCUT2D eigenvalue weighted by Gasteiger charge is 2.22. The van der Waals surface area contributed by atoms with E-state index in [1.165, 1.54) is 19.8 Å². The lowest BCUT2D eigenvalue weighted by molar-refractivity contribution is -0.119. The van der Waals surface area contributed by atoms with E-state index < -0.39 is 0 Å². The number of nitrogens with one attached hydrogen (secondary N) is 1. The Bertz CT molecular complexity index is 1350. The minimum absolute atomic E-state index is 0.0744. The first-order chi connectivity index (χ1) is 16.4. The molecule has 3 aromatic carbocycles. The Kier molecular flexibility index (Phi) is 6.28. The Morgan fingerprint density at radius 3 is 2.68 bits per heavy atom. The lowest BCUT2D eigenvalue weighted by atomic mass is 10.1. The minimum atomic E-state index is -0.115. The summed E-state index contributed by atoms with van der Waals surface area (Å²) in [4.78, 5) is 16.0. The van der Waals surface area contributed by atoms with Crippen LogP contribution in [-0.4, -0.2) is 17.5 Å². The average molecular weight is 521 g/mol. The van der Waals surface area contributed by atoms with E-state index in [1.54, 1.807) is 0 Å². The predicted octanol–water partition coefficient (Wildman–Crippen LogP) is 7.04. The van der Waals surface area contributed by atoms with Crippen LogP contribution in [0.3, 0.4) is 0 Å². The zero-order valence-corrected chi connectivity index (χ0v) is 20.6. The zero-order chi connectivity index (χ0) is 23.7. The molecule has 0 radical (unpaired) electrons. The fourth-order valence-electron chi connectivity index (χ4n) is 3.71. The van der Waals surface area contributed by atoms with Gasteiger partial charge in [-0.3, -0.25) is 4.79 Å². The Labute approximate surface area is 206 Å². The first-order valence-electron chi connectivity index (χ1n) is 11.3. The Hall–Kier alpha value is -3.32. The number of rotatable bonds is 8. The Morgan fingerprint density at radius 1 is 1.12 bits per heavy atom. The Morgan fingerprint density at radius 2 is 1.91 bits per heavy atom. The van der Waals surface area contributed by atoms with Gasteiger partial charge in [-0.2, -0.15) is 0 Å². The van der Waals surface area contributed by atoms with Crippen LogP contribution in [0.4, 0.5) is 0 Å². The maximum atomic E-state index is 11.4. The van der Waals surface area contributed by atoms with Gasteiger partial charge in [0.2, 0.25) is 11.8 Å². The molecule has 0 aliphatic heterocycles. The van der Waals surface area contributed by atoms with E-state index in [0.717, 1.165) is 39.2 Å². The molecule has 1 aromatic heterocycles. The molecule has 7 heteroatoms. The molecule has 1 unspecified atom stereocenters. The molecule has 1 aliphatic carbocycles. The summed E-state index contributed by atoms with van der Waals surface area (Å²) in [7, 11) is 0. The summed E-state index contributed by atoms with van der Waals surface area (Å²) in [5.41, 5.74) is 3.20. The number of hydrogen-bond acceptors (Lipinski definition) is 5. The highest BCUT2D eigenvalue weighted by atomic mass is 79.9. The number of hydrogen-bond donors (Lipinski definition) is 1. The summed E-state index contributed by atoms with van der Waals surface area (Å²) in [6, 6.07) is 19.0. The lowest BCUT2D eigenvalue weighted by Crippen LogP contribution is -2.23. The molecule has 1 amide bonds. The van der Waals surface area contributed by atoms with Crippen molar-refractivity contribution in [3.8, 4) is 28.7 Å². The largest absolute Gasteiger partial charge is 0.493 e. The minimum Gasteiger partial charge on any atom is -0.493 e. The third kappa shape index (κ3) is 5.25. The molecular formula is C27H25BrN2O4. The van der Waals surface area contributed by atoms with Gasteiger partial charge in [0.15, 0.2) is 5.58 Å². The van der Waals surface area contributed by atoms with E-state index in [0.29, 0.717) is 23.1 Å². The molecule has 1 fully saturated rings. The topological polar surface area (TPSA) is 73.6 Å². The summed E-state index contributed by atoms with van der Waals surface area (Å²) in [6.07, 6.45) is 2.52. The number of aromatic nitrogens is 1. The van der Waals surface area contributed by atoms with Crippen molar-refractivity contribution in [2.24, 2.45) is 5.92 Å². The van der Waals surface area contributed by atoms with Crippen molar-refractivity contribution in [3.63, 3.8) is 0 Å². The summed E-state index contributed by atoms with van der Waals surface area (Å²) < 4.78 is 18.8. The van der Waals surface area contributed by atoms with Gasteiger partial charge in [0.25, 0.3) is 0 Å². The second kappa shape index (κ2) is 9.50. The first kappa shape index (κ1) is 22.5. The van der Waals surface area contributed by atoms with Gasteiger partial charge in [0.05, 0.1) is 18.2 Å². The third-order valence-corrected chi connectivity index (χ3v) is 6.38. The number of halogens is 1. The summed E-state index contributed by atoms with van der Waals surface area (Å²) in [6.45, 7) is 4.21. The molecule has 1 heterocycles. The highest BCUT2D eigenvalue weighted by molar-refractivity contribution is 9.10. The standard InChI is InChI=1S/C27H25BrN2O4/c1-16(29-17(2)31)19-8-11-25-26(12-19)34-27(30-25)23-10-9-22(14-24(23)28)33-21-5-3-4-20(13-21)32-15-18-6-7-18/h3-5,8-14,16,18H,6-7,15H2,1-2H3,(H,29,31). The van der Waals surface area contributed by atoms with Gasteiger partial charge in [-0.15, -0.1) is 0 Å². The van der Waals surface area contributed by atoms with Crippen molar-refractivity contribution in [1.29, 1.82) is 0 Å². The molecular weight excluding hydrogens is 496 g/mol. The zero-order valence-electron chi connectivity index (χ0n) is 19.0. The van der Waals surface area contributed by atoms with E-state index in [-0.39, 0.29) is 11.9 Å². The quantitative estimate of drug-likeness (QED) is 0.269. The molecule has 1 aliphatic rings. The van der Waals surface area contributed by atoms with Gasteiger partial charge in [-0.25, -0.2) is 4.98 Å². The van der Waals surface area contributed by atoms with E-state index in [9.17, 15) is 4.79 Å². The summed E-state index contributed by atoms with van der Waals surface area (Å²) in [5.74, 6) is 3.36. The number of ether oxygens (including phenoxy) is 2. The molecule has 1 N–H and O–H groups in total. The van der Waals surface area contributed by atoms with Crippen molar-refractivity contribution < 1.29 is 18.7 Å². The number of carbonyl (C=O) groups excluding carboxylic acids is 1. The first-order valence-corrected chi connectivity index (χ1v) is 12.1. The molecule has 0 saturated heterocycles. The number of carbonyl (C=O) groups is 1. The SMILES string of the molecule is CC(=O)NC(C)c1ccc2nc(-c3ccc(Oc4cccc(OCC5CC5)c4)cc3Br)oc2c1. The fourth-order valence-corrected chi connectivity index (χ4v) is 4.24. The van der Waals surface area contributed by atoms with Crippen molar-refractivity contribution >= 4 is 32.9 Å².